The lowest BCUT2D eigenvalue weighted by atomic mass is 9.97. The molecule has 0 unspecified atom stereocenters. The van der Waals surface area contributed by atoms with Crippen LogP contribution in [0, 0.1) is 5.92 Å². The molecular weight excluding hydrogens is 426 g/mol. The molecule has 8 heteroatoms. The highest BCUT2D eigenvalue weighted by Gasteiger charge is 2.27. The van der Waals surface area contributed by atoms with Crippen LogP contribution in [0.1, 0.15) is 52.4 Å². The van der Waals surface area contributed by atoms with E-state index < -0.39 is 22.0 Å². The van der Waals surface area contributed by atoms with E-state index in [1.165, 1.54) is 38.2 Å². The van der Waals surface area contributed by atoms with E-state index in [1.54, 1.807) is 18.2 Å². The van der Waals surface area contributed by atoms with Gasteiger partial charge in [-0.1, -0.05) is 57.4 Å². The highest BCUT2D eigenvalue weighted by Crippen LogP contribution is 2.30. The number of nitrogens with one attached hydrogen (secondary N) is 1. The third-order valence-electron chi connectivity index (χ3n) is 5.58. The van der Waals surface area contributed by atoms with E-state index in [9.17, 15) is 18.3 Å². The summed E-state index contributed by atoms with van der Waals surface area (Å²) in [6.45, 7) is 3.71. The van der Waals surface area contributed by atoms with Crippen LogP contribution in [0.3, 0.4) is 0 Å². The lowest BCUT2D eigenvalue weighted by molar-refractivity contribution is -0.139. The monoisotopic (exact) mass is 463 g/mol. The smallest absolute Gasteiger partial charge is 0.321 e. The van der Waals surface area contributed by atoms with Gasteiger partial charge in [0.1, 0.15) is 6.04 Å². The Kier molecular flexibility index (Phi) is 9.48. The minimum Gasteiger partial charge on any atom is -0.480 e. The average Bonchev–Trinajstić information content (AvgIpc) is 2.72. The highest BCUT2D eigenvalue weighted by molar-refractivity contribution is 7.89. The van der Waals surface area contributed by atoms with Gasteiger partial charge in [-0.2, -0.15) is 4.72 Å². The summed E-state index contributed by atoms with van der Waals surface area (Å²) < 4.78 is 28.0. The lowest BCUT2D eigenvalue weighted by Crippen LogP contribution is -2.41. The number of carboxylic acids is 1. The van der Waals surface area contributed by atoms with Gasteiger partial charge in [-0.25, -0.2) is 8.42 Å². The second kappa shape index (κ2) is 11.6. The lowest BCUT2D eigenvalue weighted by Gasteiger charge is -2.19. The van der Waals surface area contributed by atoms with Crippen LogP contribution in [-0.2, 0) is 14.8 Å². The number of nitrogens with two attached hydrogens (primary N) is 1. The molecule has 1 fully saturated rings. The van der Waals surface area contributed by atoms with Crippen LogP contribution in [0.4, 0.5) is 5.69 Å². The van der Waals surface area contributed by atoms with Gasteiger partial charge in [0.15, 0.2) is 0 Å². The van der Waals surface area contributed by atoms with E-state index in [0.717, 1.165) is 11.1 Å². The Morgan fingerprint density at radius 2 is 1.69 bits per heavy atom. The molecule has 3 rings (SSSR count). The molecule has 0 aromatic heterocycles. The molecule has 2 aromatic carbocycles. The molecule has 0 amide bonds. The summed E-state index contributed by atoms with van der Waals surface area (Å²) in [6.07, 6.45) is 6.89. The van der Waals surface area contributed by atoms with Crippen molar-refractivity contribution >= 4 is 32.5 Å². The van der Waals surface area contributed by atoms with E-state index in [0.29, 0.717) is 11.4 Å². The van der Waals surface area contributed by atoms with E-state index in [4.69, 9.17) is 5.73 Å². The maximum atomic E-state index is 12.8. The zero-order chi connectivity index (χ0) is 23.9. The van der Waals surface area contributed by atoms with E-state index >= 15 is 0 Å². The zero-order valence-corrected chi connectivity index (χ0v) is 20.4. The van der Waals surface area contributed by atoms with Gasteiger partial charge < -0.3 is 15.7 Å². The predicted molar refractivity (Wildman–Crippen MR) is 131 cm³/mol. The van der Waals surface area contributed by atoms with Crippen molar-refractivity contribution in [1.82, 2.24) is 4.72 Å². The fraction of sp³-hybridized carbons (Fsp3) is 0.542. The van der Waals surface area contributed by atoms with Crippen molar-refractivity contribution in [3.8, 4) is 0 Å². The third-order valence-corrected chi connectivity index (χ3v) is 7.11. The minimum absolute atomic E-state index is 0.0525. The van der Waals surface area contributed by atoms with E-state index in [1.807, 2.05) is 45.0 Å². The Morgan fingerprint density at radius 3 is 2.19 bits per heavy atom. The fourth-order valence-electron chi connectivity index (χ4n) is 3.94. The van der Waals surface area contributed by atoms with Gasteiger partial charge in [-0.3, -0.25) is 4.79 Å². The van der Waals surface area contributed by atoms with Crippen LogP contribution >= 0.6 is 0 Å². The summed E-state index contributed by atoms with van der Waals surface area (Å²) in [4.78, 5) is 13.4. The SMILES string of the molecule is CC(C)C[C@@H](NS(=O)(=O)c1cccc2c(N(C)C)cccc12)C(=O)O.NC1CCCCC1. The molecule has 1 aliphatic carbocycles. The summed E-state index contributed by atoms with van der Waals surface area (Å²) in [5.74, 6) is -1.12. The maximum Gasteiger partial charge on any atom is 0.321 e. The van der Waals surface area contributed by atoms with Crippen molar-refractivity contribution in [1.29, 1.82) is 0 Å². The number of sulfonamides is 1. The second-order valence-electron chi connectivity index (χ2n) is 9.06. The molecule has 2 aromatic rings. The fourth-order valence-corrected chi connectivity index (χ4v) is 5.37. The van der Waals surface area contributed by atoms with Crippen molar-refractivity contribution in [3.63, 3.8) is 0 Å². The van der Waals surface area contributed by atoms with Crippen molar-refractivity contribution in [2.75, 3.05) is 19.0 Å². The number of hydrogen-bond donors (Lipinski definition) is 3. The number of anilines is 1. The number of hydrogen-bond acceptors (Lipinski definition) is 5. The highest BCUT2D eigenvalue weighted by atomic mass is 32.2. The van der Waals surface area contributed by atoms with Gasteiger partial charge in [0.25, 0.3) is 0 Å². The van der Waals surface area contributed by atoms with Gasteiger partial charge in [-0.05, 0) is 37.3 Å². The predicted octanol–water partition coefficient (Wildman–Crippen LogP) is 3.96. The number of carbonyl (C=O) groups is 1. The molecule has 1 atom stereocenters. The molecule has 0 heterocycles. The van der Waals surface area contributed by atoms with Crippen molar-refractivity contribution in [2.45, 2.75) is 69.4 Å². The van der Waals surface area contributed by atoms with Crippen LogP contribution in [0.5, 0.6) is 0 Å². The van der Waals surface area contributed by atoms with Gasteiger partial charge in [0.05, 0.1) is 4.90 Å². The molecular formula is C24H37N3O4S. The minimum atomic E-state index is -3.97. The van der Waals surface area contributed by atoms with Crippen LogP contribution in [-0.4, -0.2) is 45.7 Å². The topological polar surface area (TPSA) is 113 Å². The number of aliphatic carboxylic acids is 1. The molecule has 1 saturated carbocycles. The summed E-state index contributed by atoms with van der Waals surface area (Å²) in [5, 5.41) is 10.7. The number of nitrogens with zero attached hydrogens (tertiary/aromatic N) is 1. The molecule has 178 valence electrons. The van der Waals surface area contributed by atoms with Gasteiger partial charge in [-0.15, -0.1) is 0 Å². The van der Waals surface area contributed by atoms with Crippen LogP contribution in [0.2, 0.25) is 0 Å². The third kappa shape index (κ3) is 7.18. The Balaban J connectivity index is 0.000000439. The Hall–Kier alpha value is -2.16. The standard InChI is InChI=1S/C18H24N2O4S.C6H13N/c1-12(2)11-15(18(21)22)19-25(23,24)17-10-6-7-13-14(17)8-5-9-16(13)20(3)4;7-6-4-2-1-3-5-6/h5-10,12,15,19H,11H2,1-4H3,(H,21,22);6H,1-5,7H2/t15-;/m1./s1. The number of rotatable bonds is 7. The normalized spacial score (nSPS) is 15.8. The zero-order valence-electron chi connectivity index (χ0n) is 19.5. The summed E-state index contributed by atoms with van der Waals surface area (Å²) in [6, 6.07) is 9.83. The van der Waals surface area contributed by atoms with Gasteiger partial charge in [0.2, 0.25) is 10.0 Å². The summed E-state index contributed by atoms with van der Waals surface area (Å²) in [5.41, 5.74) is 6.53. The van der Waals surface area contributed by atoms with E-state index in [-0.39, 0.29) is 17.2 Å². The molecule has 32 heavy (non-hydrogen) atoms. The van der Waals surface area contributed by atoms with Crippen molar-refractivity contribution < 1.29 is 18.3 Å². The van der Waals surface area contributed by atoms with Crippen molar-refractivity contribution in [3.05, 3.63) is 36.4 Å². The molecule has 1 aliphatic rings. The molecule has 0 spiro atoms. The molecule has 4 N–H and O–H groups in total. The first-order chi connectivity index (χ1) is 15.0. The molecule has 7 nitrogen and oxygen atoms in total. The first-order valence-corrected chi connectivity index (χ1v) is 12.7. The summed E-state index contributed by atoms with van der Waals surface area (Å²) in [7, 11) is -0.196. The first-order valence-electron chi connectivity index (χ1n) is 11.2. The summed E-state index contributed by atoms with van der Waals surface area (Å²) >= 11 is 0. The number of fused-ring (bicyclic) bond motifs is 1. The molecule has 0 radical (unpaired) electrons. The largest absolute Gasteiger partial charge is 0.480 e. The molecule has 0 aliphatic heterocycles. The average molecular weight is 464 g/mol. The quantitative estimate of drug-likeness (QED) is 0.573. The van der Waals surface area contributed by atoms with Gasteiger partial charge in [0, 0.05) is 36.6 Å². The number of carboxylic acid groups (broad SMARTS) is 1. The second-order valence-corrected chi connectivity index (χ2v) is 10.7. The van der Waals surface area contributed by atoms with Gasteiger partial charge >= 0.3 is 5.97 Å². The Bertz CT molecular complexity index is 999. The first kappa shape index (κ1) is 26.1. The Morgan fingerprint density at radius 1 is 1.09 bits per heavy atom. The Labute approximate surface area is 192 Å². The molecule has 0 bridgehead atoms. The van der Waals surface area contributed by atoms with Crippen LogP contribution in [0.15, 0.2) is 41.3 Å². The van der Waals surface area contributed by atoms with Crippen LogP contribution in [0.25, 0.3) is 10.8 Å². The van der Waals surface area contributed by atoms with E-state index in [2.05, 4.69) is 4.72 Å². The maximum absolute atomic E-state index is 12.8. The van der Waals surface area contributed by atoms with Crippen molar-refractivity contribution in [2.24, 2.45) is 11.7 Å². The molecule has 0 saturated heterocycles. The number of benzene rings is 2. The van der Waals surface area contributed by atoms with Crippen LogP contribution < -0.4 is 15.4 Å².